The van der Waals surface area contributed by atoms with Crippen LogP contribution in [-0.2, 0) is 11.8 Å². The van der Waals surface area contributed by atoms with Gasteiger partial charge in [-0.15, -0.1) is 0 Å². The Kier molecular flexibility index (Phi) is 4.45. The molecule has 7 nitrogen and oxygen atoms in total. The first-order chi connectivity index (χ1) is 11.9. The molecule has 1 N–H and O–H groups in total. The Morgan fingerprint density at radius 1 is 1.24 bits per heavy atom. The lowest BCUT2D eigenvalue weighted by Gasteiger charge is -2.07. The van der Waals surface area contributed by atoms with Crippen LogP contribution in [-0.4, -0.2) is 27.4 Å². The lowest BCUT2D eigenvalue weighted by molar-refractivity contribution is 0.0605. The summed E-state index contributed by atoms with van der Waals surface area (Å²) in [6.45, 7) is 3.58. The van der Waals surface area contributed by atoms with E-state index >= 15 is 0 Å². The molecule has 0 fully saturated rings. The van der Waals surface area contributed by atoms with Crippen LogP contribution in [0.5, 0.6) is 0 Å². The summed E-state index contributed by atoms with van der Waals surface area (Å²) in [5, 5.41) is 3.53. The number of methoxy groups -OCH3 is 1. The predicted octanol–water partition coefficient (Wildman–Crippen LogP) is 2.78. The quantitative estimate of drug-likeness (QED) is 0.726. The Bertz CT molecular complexity index is 985. The number of hydrogen-bond donors (Lipinski definition) is 1. The van der Waals surface area contributed by atoms with E-state index in [1.54, 1.807) is 16.3 Å². The second-order valence-electron chi connectivity index (χ2n) is 5.49. The van der Waals surface area contributed by atoms with E-state index in [4.69, 9.17) is 4.74 Å². The molecule has 3 rings (SSSR count). The van der Waals surface area contributed by atoms with Gasteiger partial charge in [0.05, 0.1) is 24.2 Å². The number of hydrogen-bond acceptors (Lipinski definition) is 6. The average Bonchev–Trinajstić information content (AvgIpc) is 3.08. The maximum atomic E-state index is 12.9. The molecule has 0 radical (unpaired) electrons. The Morgan fingerprint density at radius 2 is 1.92 bits per heavy atom. The van der Waals surface area contributed by atoms with E-state index < -0.39 is 5.97 Å². The first kappa shape index (κ1) is 17.0. The molecule has 0 aliphatic rings. The number of rotatable bonds is 4. The smallest absolute Gasteiger partial charge is 0.350 e. The van der Waals surface area contributed by atoms with E-state index in [1.165, 1.54) is 7.11 Å². The maximum Gasteiger partial charge on any atom is 0.350 e. The minimum absolute atomic E-state index is 0.182. The number of esters is 1. The summed E-state index contributed by atoms with van der Waals surface area (Å²) in [6.07, 6.45) is 0. The van der Waals surface area contributed by atoms with Crippen molar-refractivity contribution in [1.29, 1.82) is 0 Å². The third kappa shape index (κ3) is 2.96. The van der Waals surface area contributed by atoms with Crippen LogP contribution in [0.4, 0.5) is 10.8 Å². The van der Waals surface area contributed by atoms with Gasteiger partial charge in [0.2, 0.25) is 0 Å². The number of thiazole rings is 1. The number of ether oxygens (including phenoxy) is 1. The topological polar surface area (TPSA) is 78.1 Å². The highest BCUT2D eigenvalue weighted by molar-refractivity contribution is 7.17. The van der Waals surface area contributed by atoms with Crippen molar-refractivity contribution in [2.45, 2.75) is 13.8 Å². The van der Waals surface area contributed by atoms with E-state index in [9.17, 15) is 9.59 Å². The Labute approximate surface area is 148 Å². The number of nitrogens with one attached hydrogen (secondary N) is 1. The predicted molar refractivity (Wildman–Crippen MR) is 97.2 cm³/mol. The molecule has 0 atom stereocenters. The molecular weight excluding hydrogens is 340 g/mol. The molecule has 0 aliphatic heterocycles. The molecule has 25 heavy (non-hydrogen) atoms. The van der Waals surface area contributed by atoms with Gasteiger partial charge in [0.15, 0.2) is 5.13 Å². The average molecular weight is 358 g/mol. The van der Waals surface area contributed by atoms with Gasteiger partial charge in [0.25, 0.3) is 5.56 Å². The number of carbonyl (C=O) groups excluding carboxylic acids is 1. The van der Waals surface area contributed by atoms with Crippen LogP contribution in [0.25, 0.3) is 5.69 Å². The molecule has 130 valence electrons. The molecule has 2 aromatic heterocycles. The molecule has 8 heteroatoms. The van der Waals surface area contributed by atoms with E-state index in [-0.39, 0.29) is 5.56 Å². The first-order valence-electron chi connectivity index (χ1n) is 7.60. The second-order valence-corrected chi connectivity index (χ2v) is 6.49. The number of para-hydroxylation sites is 1. The van der Waals surface area contributed by atoms with E-state index in [0.717, 1.165) is 22.7 Å². The van der Waals surface area contributed by atoms with Crippen LogP contribution in [0.15, 0.2) is 35.1 Å². The minimum atomic E-state index is -0.436. The van der Waals surface area contributed by atoms with Gasteiger partial charge in [-0.25, -0.2) is 14.5 Å². The SMILES string of the molecule is COC(=O)c1sc(Nc2c(C)n(C)n(-c3ccccc3)c2=O)nc1C. The third-order valence-corrected chi connectivity index (χ3v) is 5.01. The van der Waals surface area contributed by atoms with Crippen LogP contribution >= 0.6 is 11.3 Å². The number of anilines is 2. The molecule has 2 heterocycles. The summed E-state index contributed by atoms with van der Waals surface area (Å²) in [4.78, 5) is 29.3. The third-order valence-electron chi connectivity index (χ3n) is 3.95. The fourth-order valence-corrected chi connectivity index (χ4v) is 3.44. The van der Waals surface area contributed by atoms with Crippen molar-refractivity contribution < 1.29 is 9.53 Å². The maximum absolute atomic E-state index is 12.9. The minimum Gasteiger partial charge on any atom is -0.465 e. The number of benzene rings is 1. The normalized spacial score (nSPS) is 10.7. The molecule has 0 saturated heterocycles. The Balaban J connectivity index is 2.03. The highest BCUT2D eigenvalue weighted by atomic mass is 32.1. The van der Waals surface area contributed by atoms with Crippen LogP contribution in [0.2, 0.25) is 0 Å². The van der Waals surface area contributed by atoms with Gasteiger partial charge in [0, 0.05) is 7.05 Å². The van der Waals surface area contributed by atoms with Crippen molar-refractivity contribution in [3.8, 4) is 5.69 Å². The molecule has 0 bridgehead atoms. The lowest BCUT2D eigenvalue weighted by atomic mass is 10.3. The van der Waals surface area contributed by atoms with Gasteiger partial charge in [-0.1, -0.05) is 29.5 Å². The number of nitrogens with zero attached hydrogens (tertiary/aromatic N) is 3. The van der Waals surface area contributed by atoms with Crippen molar-refractivity contribution in [2.75, 3.05) is 12.4 Å². The van der Waals surface area contributed by atoms with Crippen molar-refractivity contribution in [3.05, 3.63) is 57.0 Å². The van der Waals surface area contributed by atoms with Gasteiger partial charge in [-0.05, 0) is 26.0 Å². The van der Waals surface area contributed by atoms with E-state index in [1.807, 2.05) is 44.3 Å². The summed E-state index contributed by atoms with van der Waals surface area (Å²) < 4.78 is 8.11. The van der Waals surface area contributed by atoms with Gasteiger partial charge in [-0.3, -0.25) is 9.48 Å². The van der Waals surface area contributed by atoms with Gasteiger partial charge < -0.3 is 10.1 Å². The number of aryl methyl sites for hydroxylation is 1. The van der Waals surface area contributed by atoms with Gasteiger partial charge in [-0.2, -0.15) is 0 Å². The molecule has 0 aliphatic carbocycles. The molecule has 3 aromatic rings. The Morgan fingerprint density at radius 3 is 2.56 bits per heavy atom. The van der Waals surface area contributed by atoms with Crippen LogP contribution in [0.1, 0.15) is 21.1 Å². The fraction of sp³-hybridized carbons (Fsp3) is 0.235. The van der Waals surface area contributed by atoms with Gasteiger partial charge >= 0.3 is 5.97 Å². The number of carbonyl (C=O) groups is 1. The Hall–Kier alpha value is -2.87. The highest BCUT2D eigenvalue weighted by Crippen LogP contribution is 2.26. The van der Waals surface area contributed by atoms with E-state index in [2.05, 4.69) is 10.3 Å². The summed E-state index contributed by atoms with van der Waals surface area (Å²) in [6, 6.07) is 9.39. The standard InChI is InChI=1S/C17H18N4O3S/c1-10-14(16(23)24-4)25-17(18-10)19-13-11(2)20(3)21(15(13)22)12-8-6-5-7-9-12/h5-9H,1-4H3,(H,18,19). The van der Waals surface area contributed by atoms with Crippen molar-refractivity contribution >= 4 is 28.1 Å². The van der Waals surface area contributed by atoms with Crippen molar-refractivity contribution in [3.63, 3.8) is 0 Å². The van der Waals surface area contributed by atoms with Crippen LogP contribution < -0.4 is 10.9 Å². The van der Waals surface area contributed by atoms with E-state index in [0.29, 0.717) is 21.4 Å². The fourth-order valence-electron chi connectivity index (χ4n) is 2.55. The van der Waals surface area contributed by atoms with Crippen molar-refractivity contribution in [2.24, 2.45) is 7.05 Å². The zero-order chi connectivity index (χ0) is 18.1. The molecule has 1 aromatic carbocycles. The number of aromatic nitrogens is 3. The summed E-state index contributed by atoms with van der Waals surface area (Å²) in [5.74, 6) is -0.436. The molecule has 0 saturated carbocycles. The molecule has 0 amide bonds. The largest absolute Gasteiger partial charge is 0.465 e. The van der Waals surface area contributed by atoms with Gasteiger partial charge in [0.1, 0.15) is 10.6 Å². The zero-order valence-electron chi connectivity index (χ0n) is 14.4. The molecule has 0 unspecified atom stereocenters. The van der Waals surface area contributed by atoms with Crippen molar-refractivity contribution in [1.82, 2.24) is 14.3 Å². The monoisotopic (exact) mass is 358 g/mol. The van der Waals surface area contributed by atoms with Crippen LogP contribution in [0.3, 0.4) is 0 Å². The lowest BCUT2D eigenvalue weighted by Crippen LogP contribution is -2.20. The summed E-state index contributed by atoms with van der Waals surface area (Å²) >= 11 is 1.16. The summed E-state index contributed by atoms with van der Waals surface area (Å²) in [7, 11) is 3.15. The first-order valence-corrected chi connectivity index (χ1v) is 8.42. The highest BCUT2D eigenvalue weighted by Gasteiger charge is 2.20. The van der Waals surface area contributed by atoms with Crippen LogP contribution in [0, 0.1) is 13.8 Å². The second kappa shape index (κ2) is 6.56. The molecular formula is C17H18N4O3S. The zero-order valence-corrected chi connectivity index (χ0v) is 15.2. The molecule has 0 spiro atoms. The summed E-state index contributed by atoms with van der Waals surface area (Å²) in [5.41, 5.74) is 2.35.